The second-order valence-corrected chi connectivity index (χ2v) is 5.04. The van der Waals surface area contributed by atoms with Crippen molar-refractivity contribution < 1.29 is 14.7 Å². The summed E-state index contributed by atoms with van der Waals surface area (Å²) in [5.41, 5.74) is 1.59. The molecule has 2 amide bonds. The number of rotatable bonds is 9. The van der Waals surface area contributed by atoms with Crippen LogP contribution in [0.2, 0.25) is 0 Å². The first kappa shape index (κ1) is 17.0. The molecule has 0 bridgehead atoms. The number of carbonyl (C=O) groups excluding carboxylic acids is 1. The summed E-state index contributed by atoms with van der Waals surface area (Å²) < 4.78 is 0. The van der Waals surface area contributed by atoms with Gasteiger partial charge in [-0.1, -0.05) is 38.3 Å². The molecule has 5 heteroatoms. The lowest BCUT2D eigenvalue weighted by atomic mass is 10.1. The summed E-state index contributed by atoms with van der Waals surface area (Å²) >= 11 is 0. The van der Waals surface area contributed by atoms with Gasteiger partial charge >= 0.3 is 12.0 Å². The lowest BCUT2D eigenvalue weighted by Crippen LogP contribution is -2.29. The number of aliphatic carboxylic acids is 1. The molecule has 0 spiro atoms. The maximum Gasteiger partial charge on any atom is 0.319 e. The van der Waals surface area contributed by atoms with Crippen molar-refractivity contribution in [1.82, 2.24) is 5.32 Å². The maximum atomic E-state index is 11.7. The predicted octanol–water partition coefficient (Wildman–Crippen LogP) is 3.41. The number of hydrogen-bond acceptors (Lipinski definition) is 2. The van der Waals surface area contributed by atoms with Crippen molar-refractivity contribution in [1.29, 1.82) is 0 Å². The molecule has 0 aliphatic carbocycles. The number of carboxylic acids is 1. The minimum atomic E-state index is -0.821. The van der Waals surface area contributed by atoms with Crippen LogP contribution in [0.5, 0.6) is 0 Å². The summed E-state index contributed by atoms with van der Waals surface area (Å²) in [4.78, 5) is 22.3. The van der Waals surface area contributed by atoms with Gasteiger partial charge in [-0.2, -0.15) is 0 Å². The molecule has 116 valence electrons. The number of aryl methyl sites for hydroxylation is 1. The van der Waals surface area contributed by atoms with Gasteiger partial charge in [-0.15, -0.1) is 0 Å². The van der Waals surface area contributed by atoms with E-state index in [1.54, 1.807) is 12.1 Å². The van der Waals surface area contributed by atoms with E-state index in [2.05, 4.69) is 17.6 Å². The average molecular weight is 292 g/mol. The van der Waals surface area contributed by atoms with Gasteiger partial charge in [-0.25, -0.2) is 4.79 Å². The van der Waals surface area contributed by atoms with Crippen molar-refractivity contribution >= 4 is 17.7 Å². The van der Waals surface area contributed by atoms with Gasteiger partial charge in [0.05, 0.1) is 0 Å². The third-order valence-electron chi connectivity index (χ3n) is 3.13. The largest absolute Gasteiger partial charge is 0.481 e. The Morgan fingerprint density at radius 2 is 2.00 bits per heavy atom. The van der Waals surface area contributed by atoms with Crippen molar-refractivity contribution in [2.24, 2.45) is 0 Å². The van der Waals surface area contributed by atoms with Crippen LogP contribution in [-0.2, 0) is 11.2 Å². The first-order valence-corrected chi connectivity index (χ1v) is 7.47. The molecule has 21 heavy (non-hydrogen) atoms. The molecule has 0 fully saturated rings. The van der Waals surface area contributed by atoms with Crippen molar-refractivity contribution in [3.63, 3.8) is 0 Å². The van der Waals surface area contributed by atoms with Crippen LogP contribution in [0.15, 0.2) is 24.3 Å². The molecule has 5 nitrogen and oxygen atoms in total. The van der Waals surface area contributed by atoms with E-state index in [1.165, 1.54) is 12.8 Å². The summed E-state index contributed by atoms with van der Waals surface area (Å²) in [6.45, 7) is 2.82. The molecule has 1 aromatic carbocycles. The van der Waals surface area contributed by atoms with Gasteiger partial charge in [0.25, 0.3) is 0 Å². The Kier molecular flexibility index (Phi) is 7.94. The topological polar surface area (TPSA) is 78.4 Å². The van der Waals surface area contributed by atoms with Gasteiger partial charge in [0.1, 0.15) is 0 Å². The van der Waals surface area contributed by atoms with E-state index in [4.69, 9.17) is 5.11 Å². The van der Waals surface area contributed by atoms with Crippen molar-refractivity contribution in [3.05, 3.63) is 29.8 Å². The zero-order valence-corrected chi connectivity index (χ0v) is 12.5. The van der Waals surface area contributed by atoms with Crippen LogP contribution in [0.1, 0.15) is 44.6 Å². The van der Waals surface area contributed by atoms with E-state index in [9.17, 15) is 9.59 Å². The maximum absolute atomic E-state index is 11.7. The van der Waals surface area contributed by atoms with E-state index < -0.39 is 5.97 Å². The molecule has 0 saturated carbocycles. The van der Waals surface area contributed by atoms with E-state index >= 15 is 0 Å². The summed E-state index contributed by atoms with van der Waals surface area (Å²) in [6.07, 6.45) is 5.03. The predicted molar refractivity (Wildman–Crippen MR) is 83.6 cm³/mol. The van der Waals surface area contributed by atoms with Gasteiger partial charge in [0.15, 0.2) is 0 Å². The zero-order valence-electron chi connectivity index (χ0n) is 12.5. The Morgan fingerprint density at radius 1 is 1.19 bits per heavy atom. The Bertz CT molecular complexity index is 461. The number of urea groups is 1. The summed E-state index contributed by atoms with van der Waals surface area (Å²) in [6, 6.07) is 7.05. The normalized spacial score (nSPS) is 10.1. The standard InChI is InChI=1S/C16H24N2O3/c1-2-3-4-5-11-17-16(21)18-14-8-6-7-13(12-14)9-10-15(19)20/h6-8,12H,2-5,9-11H2,1H3,(H,19,20)(H2,17,18,21). The lowest BCUT2D eigenvalue weighted by Gasteiger charge is -2.08. The molecule has 3 N–H and O–H groups in total. The van der Waals surface area contributed by atoms with Crippen LogP contribution >= 0.6 is 0 Å². The molecular formula is C16H24N2O3. The highest BCUT2D eigenvalue weighted by Gasteiger charge is 2.03. The van der Waals surface area contributed by atoms with Crippen molar-refractivity contribution in [2.75, 3.05) is 11.9 Å². The van der Waals surface area contributed by atoms with Gasteiger partial charge < -0.3 is 15.7 Å². The second-order valence-electron chi connectivity index (χ2n) is 5.04. The van der Waals surface area contributed by atoms with Gasteiger partial charge in [-0.3, -0.25) is 4.79 Å². The Morgan fingerprint density at radius 3 is 2.71 bits per heavy atom. The van der Waals surface area contributed by atoms with Crippen molar-refractivity contribution in [3.8, 4) is 0 Å². The third-order valence-corrected chi connectivity index (χ3v) is 3.13. The van der Waals surface area contributed by atoms with E-state index in [1.807, 2.05) is 12.1 Å². The molecule has 1 aromatic rings. The average Bonchev–Trinajstić information content (AvgIpc) is 2.45. The summed E-state index contributed by atoms with van der Waals surface area (Å²) in [7, 11) is 0. The zero-order chi connectivity index (χ0) is 15.5. The number of amides is 2. The molecule has 0 saturated heterocycles. The lowest BCUT2D eigenvalue weighted by molar-refractivity contribution is -0.136. The van der Waals surface area contributed by atoms with Crippen LogP contribution in [0.4, 0.5) is 10.5 Å². The molecule has 0 heterocycles. The first-order valence-electron chi connectivity index (χ1n) is 7.47. The molecule has 0 aliphatic heterocycles. The highest BCUT2D eigenvalue weighted by atomic mass is 16.4. The van der Waals surface area contributed by atoms with E-state index in [0.717, 1.165) is 18.4 Å². The number of unbranched alkanes of at least 4 members (excludes halogenated alkanes) is 3. The highest BCUT2D eigenvalue weighted by Crippen LogP contribution is 2.12. The van der Waals surface area contributed by atoms with Crippen LogP contribution in [0.3, 0.4) is 0 Å². The Hall–Kier alpha value is -2.04. The number of nitrogens with one attached hydrogen (secondary N) is 2. The SMILES string of the molecule is CCCCCCNC(=O)Nc1cccc(CCC(=O)O)c1. The minimum Gasteiger partial charge on any atom is -0.481 e. The Balaban J connectivity index is 2.34. The van der Waals surface area contributed by atoms with Crippen LogP contribution in [-0.4, -0.2) is 23.7 Å². The molecule has 0 atom stereocenters. The molecule has 0 radical (unpaired) electrons. The van der Waals surface area contributed by atoms with Crippen LogP contribution < -0.4 is 10.6 Å². The Labute approximate surface area is 125 Å². The highest BCUT2D eigenvalue weighted by molar-refractivity contribution is 5.89. The number of carbonyl (C=O) groups is 2. The summed E-state index contributed by atoms with van der Waals surface area (Å²) in [5, 5.41) is 14.2. The number of anilines is 1. The molecule has 0 aromatic heterocycles. The molecule has 1 rings (SSSR count). The van der Waals surface area contributed by atoms with Gasteiger partial charge in [0.2, 0.25) is 0 Å². The van der Waals surface area contributed by atoms with E-state index in [0.29, 0.717) is 18.7 Å². The monoisotopic (exact) mass is 292 g/mol. The van der Waals surface area contributed by atoms with Gasteiger partial charge in [-0.05, 0) is 30.5 Å². The molecular weight excluding hydrogens is 268 g/mol. The fraction of sp³-hybridized carbons (Fsp3) is 0.500. The first-order chi connectivity index (χ1) is 10.1. The number of hydrogen-bond donors (Lipinski definition) is 3. The quantitative estimate of drug-likeness (QED) is 0.610. The summed E-state index contributed by atoms with van der Waals surface area (Å²) in [5.74, 6) is -0.821. The van der Waals surface area contributed by atoms with Gasteiger partial charge in [0, 0.05) is 18.7 Å². The third kappa shape index (κ3) is 7.97. The molecule has 0 unspecified atom stereocenters. The number of benzene rings is 1. The molecule has 0 aliphatic rings. The second kappa shape index (κ2) is 9.80. The van der Waals surface area contributed by atoms with E-state index in [-0.39, 0.29) is 12.5 Å². The fourth-order valence-corrected chi connectivity index (χ4v) is 1.98. The fourth-order valence-electron chi connectivity index (χ4n) is 1.98. The van der Waals surface area contributed by atoms with Crippen LogP contribution in [0, 0.1) is 0 Å². The number of carboxylic acid groups (broad SMARTS) is 1. The van der Waals surface area contributed by atoms with Crippen molar-refractivity contribution in [2.45, 2.75) is 45.4 Å². The smallest absolute Gasteiger partial charge is 0.319 e. The minimum absolute atomic E-state index is 0.0904. The van der Waals surface area contributed by atoms with Crippen LogP contribution in [0.25, 0.3) is 0 Å².